The highest BCUT2D eigenvalue weighted by Crippen LogP contribution is 2.12. The van der Waals surface area contributed by atoms with Crippen LogP contribution in [-0.2, 0) is 14.3 Å². The molecule has 0 radical (unpaired) electrons. The summed E-state index contributed by atoms with van der Waals surface area (Å²) < 4.78 is 4.90. The van der Waals surface area contributed by atoms with E-state index in [0.717, 1.165) is 19.3 Å². The molecule has 0 fully saturated rings. The first-order valence-corrected chi connectivity index (χ1v) is 5.83. The molecule has 0 bridgehead atoms. The standard InChI is InChI=1S/C12H22O3/c1-4-9-15-12(14)8-7-11(13)10(5-2)6-3/h10H,4-9H2,1-3H3. The van der Waals surface area contributed by atoms with Crippen molar-refractivity contribution in [1.82, 2.24) is 0 Å². The number of rotatable bonds is 8. The molecule has 0 amide bonds. The van der Waals surface area contributed by atoms with Crippen molar-refractivity contribution in [3.05, 3.63) is 0 Å². The third kappa shape index (κ3) is 6.26. The predicted octanol–water partition coefficient (Wildman–Crippen LogP) is 2.73. The van der Waals surface area contributed by atoms with Gasteiger partial charge in [-0.1, -0.05) is 20.8 Å². The van der Waals surface area contributed by atoms with E-state index < -0.39 is 0 Å². The summed E-state index contributed by atoms with van der Waals surface area (Å²) in [4.78, 5) is 22.7. The van der Waals surface area contributed by atoms with Crippen molar-refractivity contribution < 1.29 is 14.3 Å². The van der Waals surface area contributed by atoms with Crippen LogP contribution in [0.4, 0.5) is 0 Å². The van der Waals surface area contributed by atoms with E-state index in [-0.39, 0.29) is 24.1 Å². The summed E-state index contributed by atoms with van der Waals surface area (Å²) in [6, 6.07) is 0. The van der Waals surface area contributed by atoms with E-state index >= 15 is 0 Å². The van der Waals surface area contributed by atoms with Gasteiger partial charge in [-0.2, -0.15) is 0 Å². The van der Waals surface area contributed by atoms with Crippen LogP contribution in [0.15, 0.2) is 0 Å². The van der Waals surface area contributed by atoms with E-state index in [1.165, 1.54) is 0 Å². The molecule has 0 N–H and O–H groups in total. The summed E-state index contributed by atoms with van der Waals surface area (Å²) in [6.07, 6.45) is 3.11. The molecule has 0 rings (SSSR count). The maximum Gasteiger partial charge on any atom is 0.306 e. The van der Waals surface area contributed by atoms with Crippen molar-refractivity contribution in [3.63, 3.8) is 0 Å². The van der Waals surface area contributed by atoms with Crippen LogP contribution >= 0.6 is 0 Å². The Morgan fingerprint density at radius 2 is 1.67 bits per heavy atom. The highest BCUT2D eigenvalue weighted by molar-refractivity contribution is 5.84. The summed E-state index contributed by atoms with van der Waals surface area (Å²) in [5.41, 5.74) is 0. The number of hydrogen-bond donors (Lipinski definition) is 0. The first kappa shape index (κ1) is 14.1. The van der Waals surface area contributed by atoms with Crippen molar-refractivity contribution in [1.29, 1.82) is 0 Å². The fraction of sp³-hybridized carbons (Fsp3) is 0.833. The molecule has 0 aliphatic carbocycles. The van der Waals surface area contributed by atoms with Gasteiger partial charge in [0.15, 0.2) is 0 Å². The SMILES string of the molecule is CCCOC(=O)CCC(=O)C(CC)CC. The summed E-state index contributed by atoms with van der Waals surface area (Å²) in [7, 11) is 0. The Hall–Kier alpha value is -0.860. The van der Waals surface area contributed by atoms with Crippen molar-refractivity contribution in [3.8, 4) is 0 Å². The number of ketones is 1. The summed E-state index contributed by atoms with van der Waals surface area (Å²) in [5, 5.41) is 0. The molecule has 0 unspecified atom stereocenters. The summed E-state index contributed by atoms with van der Waals surface area (Å²) in [6.45, 7) is 6.41. The number of carbonyl (C=O) groups is 2. The van der Waals surface area contributed by atoms with Gasteiger partial charge in [-0.15, -0.1) is 0 Å². The number of esters is 1. The fourth-order valence-electron chi connectivity index (χ4n) is 1.46. The molecule has 0 aliphatic heterocycles. The first-order chi connectivity index (χ1) is 7.15. The van der Waals surface area contributed by atoms with E-state index in [4.69, 9.17) is 4.74 Å². The molecule has 0 aliphatic rings. The molecular formula is C12H22O3. The molecule has 3 heteroatoms. The molecule has 0 aromatic heterocycles. The molecule has 0 saturated heterocycles. The van der Waals surface area contributed by atoms with Crippen LogP contribution in [0.5, 0.6) is 0 Å². The normalized spacial score (nSPS) is 10.4. The van der Waals surface area contributed by atoms with Crippen LogP contribution in [0.3, 0.4) is 0 Å². The lowest BCUT2D eigenvalue weighted by Gasteiger charge is -2.10. The Morgan fingerprint density at radius 3 is 2.13 bits per heavy atom. The lowest BCUT2D eigenvalue weighted by molar-refractivity contribution is -0.145. The van der Waals surface area contributed by atoms with Gasteiger partial charge in [-0.25, -0.2) is 0 Å². The number of carbonyl (C=O) groups excluding carboxylic acids is 2. The smallest absolute Gasteiger partial charge is 0.306 e. The quantitative estimate of drug-likeness (QED) is 0.583. The second-order valence-corrected chi connectivity index (χ2v) is 3.70. The molecule has 15 heavy (non-hydrogen) atoms. The molecule has 3 nitrogen and oxygen atoms in total. The highest BCUT2D eigenvalue weighted by atomic mass is 16.5. The zero-order chi connectivity index (χ0) is 11.7. The van der Waals surface area contributed by atoms with Crippen LogP contribution in [0.25, 0.3) is 0 Å². The average Bonchev–Trinajstić information content (AvgIpc) is 2.25. The first-order valence-electron chi connectivity index (χ1n) is 5.83. The van der Waals surface area contributed by atoms with Gasteiger partial charge < -0.3 is 4.74 Å². The minimum Gasteiger partial charge on any atom is -0.466 e. The average molecular weight is 214 g/mol. The van der Waals surface area contributed by atoms with E-state index in [9.17, 15) is 9.59 Å². The third-order valence-corrected chi connectivity index (χ3v) is 2.48. The van der Waals surface area contributed by atoms with Crippen LogP contribution in [0.1, 0.15) is 52.9 Å². The van der Waals surface area contributed by atoms with Gasteiger partial charge in [-0.3, -0.25) is 9.59 Å². The highest BCUT2D eigenvalue weighted by Gasteiger charge is 2.15. The van der Waals surface area contributed by atoms with Crippen LogP contribution in [0.2, 0.25) is 0 Å². The van der Waals surface area contributed by atoms with Crippen molar-refractivity contribution in [2.75, 3.05) is 6.61 Å². The molecule has 0 aromatic carbocycles. The van der Waals surface area contributed by atoms with Crippen LogP contribution < -0.4 is 0 Å². The largest absolute Gasteiger partial charge is 0.466 e. The molecule has 0 atom stereocenters. The Morgan fingerprint density at radius 1 is 1.07 bits per heavy atom. The minimum atomic E-state index is -0.254. The molecule has 0 aromatic rings. The van der Waals surface area contributed by atoms with Gasteiger partial charge in [0, 0.05) is 12.3 Å². The van der Waals surface area contributed by atoms with Crippen molar-refractivity contribution in [2.24, 2.45) is 5.92 Å². The molecular weight excluding hydrogens is 192 g/mol. The predicted molar refractivity (Wildman–Crippen MR) is 59.6 cm³/mol. The van der Waals surface area contributed by atoms with Crippen molar-refractivity contribution >= 4 is 11.8 Å². The van der Waals surface area contributed by atoms with E-state index in [1.54, 1.807) is 0 Å². The van der Waals surface area contributed by atoms with Crippen molar-refractivity contribution in [2.45, 2.75) is 52.9 Å². The third-order valence-electron chi connectivity index (χ3n) is 2.48. The van der Waals surface area contributed by atoms with Gasteiger partial charge in [0.05, 0.1) is 13.0 Å². The van der Waals surface area contributed by atoms with Gasteiger partial charge in [0.2, 0.25) is 0 Å². The lowest BCUT2D eigenvalue weighted by atomic mass is 9.95. The topological polar surface area (TPSA) is 43.4 Å². The minimum absolute atomic E-state index is 0.115. The lowest BCUT2D eigenvalue weighted by Crippen LogP contribution is -2.15. The second-order valence-electron chi connectivity index (χ2n) is 3.70. The van der Waals surface area contributed by atoms with E-state index in [2.05, 4.69) is 0 Å². The fourth-order valence-corrected chi connectivity index (χ4v) is 1.46. The van der Waals surface area contributed by atoms with Gasteiger partial charge in [0.1, 0.15) is 5.78 Å². The Balaban J connectivity index is 3.74. The number of ether oxygens (including phenoxy) is 1. The van der Waals surface area contributed by atoms with Crippen LogP contribution in [0, 0.1) is 5.92 Å². The Labute approximate surface area is 92.2 Å². The summed E-state index contributed by atoms with van der Waals surface area (Å²) in [5.74, 6) is 0.0496. The second kappa shape index (κ2) is 8.45. The number of Topliss-reactive ketones (excluding diaryl/α,β-unsaturated/α-hetero) is 1. The van der Waals surface area contributed by atoms with Gasteiger partial charge >= 0.3 is 5.97 Å². The maximum absolute atomic E-state index is 11.6. The Bertz CT molecular complexity index is 195. The molecule has 0 spiro atoms. The summed E-state index contributed by atoms with van der Waals surface area (Å²) >= 11 is 0. The maximum atomic E-state index is 11.6. The Kier molecular flexibility index (Phi) is 7.96. The molecule has 88 valence electrons. The monoisotopic (exact) mass is 214 g/mol. The number of hydrogen-bond acceptors (Lipinski definition) is 3. The van der Waals surface area contributed by atoms with E-state index in [0.29, 0.717) is 13.0 Å². The molecule has 0 heterocycles. The zero-order valence-electron chi connectivity index (χ0n) is 10.0. The van der Waals surface area contributed by atoms with Crippen LogP contribution in [-0.4, -0.2) is 18.4 Å². The zero-order valence-corrected chi connectivity index (χ0v) is 10.0. The van der Waals surface area contributed by atoms with Gasteiger partial charge in [-0.05, 0) is 19.3 Å². The van der Waals surface area contributed by atoms with E-state index in [1.807, 2.05) is 20.8 Å². The molecule has 0 saturated carbocycles. The van der Waals surface area contributed by atoms with Gasteiger partial charge in [0.25, 0.3) is 0 Å².